The third-order valence-corrected chi connectivity index (χ3v) is 5.26. The molecule has 0 amide bonds. The number of aromatic nitrogens is 2. The van der Waals surface area contributed by atoms with E-state index in [4.69, 9.17) is 14.6 Å². The van der Waals surface area contributed by atoms with Gasteiger partial charge in [0.15, 0.2) is 11.6 Å². The zero-order valence-electron chi connectivity index (χ0n) is 19.4. The predicted octanol–water partition coefficient (Wildman–Crippen LogP) is 4.89. The second-order valence-electron chi connectivity index (χ2n) is 8.15. The first-order chi connectivity index (χ1) is 15.9. The molecule has 6 nitrogen and oxygen atoms in total. The minimum Gasteiger partial charge on any atom is -0.435 e. The third-order valence-electron chi connectivity index (χ3n) is 5.26. The molecule has 2 aromatic carbocycles. The predicted molar refractivity (Wildman–Crippen MR) is 127 cm³/mol. The maximum absolute atomic E-state index is 14.4. The Bertz CT molecular complexity index is 1040. The van der Waals surface area contributed by atoms with Crippen LogP contribution < -0.4 is 4.74 Å². The highest BCUT2D eigenvalue weighted by Gasteiger charge is 2.24. The summed E-state index contributed by atoms with van der Waals surface area (Å²) in [6.07, 6.45) is 0.994. The van der Waals surface area contributed by atoms with Gasteiger partial charge in [-0.15, -0.1) is 6.58 Å². The largest absolute Gasteiger partial charge is 0.435 e. The standard InChI is InChI=1S/C26H32FN3O3/c1-5-15-32-18-22(31)16-29(19(2)3)17-23-20(4)28-30(21-11-7-6-8-12-21)26(23)33-25-14-10-9-13-24(25)27/h5-14,19,22,31H,1,15-18H2,2-4H3/t22-/m0/s1. The molecule has 7 heteroatoms. The van der Waals surface area contributed by atoms with Gasteiger partial charge in [0, 0.05) is 19.1 Å². The molecule has 1 aromatic heterocycles. The summed E-state index contributed by atoms with van der Waals surface area (Å²) in [5.41, 5.74) is 2.41. The van der Waals surface area contributed by atoms with Crippen LogP contribution in [0.1, 0.15) is 25.1 Å². The van der Waals surface area contributed by atoms with E-state index in [-0.39, 0.29) is 18.4 Å². The molecule has 33 heavy (non-hydrogen) atoms. The van der Waals surface area contributed by atoms with Gasteiger partial charge in [0.2, 0.25) is 5.88 Å². The number of rotatable bonds is 12. The molecule has 0 bridgehead atoms. The molecule has 0 aliphatic rings. The molecule has 0 fully saturated rings. The summed E-state index contributed by atoms with van der Waals surface area (Å²) >= 11 is 0. The molecule has 0 saturated carbocycles. The smallest absolute Gasteiger partial charge is 0.227 e. The van der Waals surface area contributed by atoms with Crippen molar-refractivity contribution in [1.29, 1.82) is 0 Å². The summed E-state index contributed by atoms with van der Waals surface area (Å²) < 4.78 is 27.6. The molecular formula is C26H32FN3O3. The Morgan fingerprint density at radius 3 is 2.52 bits per heavy atom. The summed E-state index contributed by atoms with van der Waals surface area (Å²) in [6, 6.07) is 16.1. The van der Waals surface area contributed by atoms with Crippen LogP contribution in [0.15, 0.2) is 67.3 Å². The Morgan fingerprint density at radius 1 is 1.15 bits per heavy atom. The molecule has 3 rings (SSSR count). The van der Waals surface area contributed by atoms with E-state index in [2.05, 4.69) is 25.3 Å². The van der Waals surface area contributed by atoms with E-state index >= 15 is 0 Å². The summed E-state index contributed by atoms with van der Waals surface area (Å²) in [4.78, 5) is 2.12. The molecule has 0 spiro atoms. The quantitative estimate of drug-likeness (QED) is 0.313. The van der Waals surface area contributed by atoms with E-state index in [9.17, 15) is 9.50 Å². The summed E-state index contributed by atoms with van der Waals surface area (Å²) in [5.74, 6) is 0.133. The van der Waals surface area contributed by atoms with Crippen LogP contribution in [-0.2, 0) is 11.3 Å². The molecule has 1 N–H and O–H groups in total. The van der Waals surface area contributed by atoms with Gasteiger partial charge in [0.25, 0.3) is 0 Å². The second kappa shape index (κ2) is 11.7. The van der Waals surface area contributed by atoms with Gasteiger partial charge < -0.3 is 14.6 Å². The number of aliphatic hydroxyl groups is 1. The monoisotopic (exact) mass is 453 g/mol. The third kappa shape index (κ3) is 6.51. The molecule has 0 aliphatic heterocycles. The maximum Gasteiger partial charge on any atom is 0.227 e. The van der Waals surface area contributed by atoms with E-state index < -0.39 is 11.9 Å². The van der Waals surface area contributed by atoms with Crippen molar-refractivity contribution in [2.75, 3.05) is 19.8 Å². The first-order valence-electron chi connectivity index (χ1n) is 11.1. The SMILES string of the molecule is C=CCOC[C@@H](O)CN(Cc1c(C)nn(-c2ccccc2)c1Oc1ccccc1F)C(C)C. The Labute approximate surface area is 194 Å². The number of ether oxygens (including phenoxy) is 2. The van der Waals surface area contributed by atoms with Crippen molar-refractivity contribution in [3.63, 3.8) is 0 Å². The zero-order chi connectivity index (χ0) is 23.8. The van der Waals surface area contributed by atoms with Gasteiger partial charge in [-0.05, 0) is 45.0 Å². The van der Waals surface area contributed by atoms with Crippen molar-refractivity contribution in [2.45, 2.75) is 39.5 Å². The van der Waals surface area contributed by atoms with Gasteiger partial charge >= 0.3 is 0 Å². The maximum atomic E-state index is 14.4. The van der Waals surface area contributed by atoms with Crippen molar-refractivity contribution in [3.05, 3.63) is 84.3 Å². The fourth-order valence-electron chi connectivity index (χ4n) is 3.47. The van der Waals surface area contributed by atoms with Crippen LogP contribution in [0.2, 0.25) is 0 Å². The number of hydrogen-bond acceptors (Lipinski definition) is 5. The summed E-state index contributed by atoms with van der Waals surface area (Å²) in [6.45, 7) is 11.1. The molecule has 0 aliphatic carbocycles. The normalized spacial score (nSPS) is 12.3. The van der Waals surface area contributed by atoms with E-state index in [0.717, 1.165) is 16.9 Å². The Kier molecular flexibility index (Phi) is 8.77. The van der Waals surface area contributed by atoms with Gasteiger partial charge in [-0.3, -0.25) is 4.90 Å². The van der Waals surface area contributed by atoms with Crippen molar-refractivity contribution >= 4 is 0 Å². The molecule has 0 unspecified atom stereocenters. The summed E-state index contributed by atoms with van der Waals surface area (Å²) in [5, 5.41) is 15.2. The highest BCUT2D eigenvalue weighted by atomic mass is 19.1. The molecule has 0 saturated heterocycles. The van der Waals surface area contributed by atoms with E-state index in [1.807, 2.05) is 37.3 Å². The molecule has 1 heterocycles. The lowest BCUT2D eigenvalue weighted by Crippen LogP contribution is -2.39. The van der Waals surface area contributed by atoms with Gasteiger partial charge in [0.1, 0.15) is 0 Å². The van der Waals surface area contributed by atoms with E-state index in [1.54, 1.807) is 29.0 Å². The lowest BCUT2D eigenvalue weighted by Gasteiger charge is -2.29. The van der Waals surface area contributed by atoms with Crippen molar-refractivity contribution < 1.29 is 19.0 Å². The Morgan fingerprint density at radius 2 is 1.85 bits per heavy atom. The zero-order valence-corrected chi connectivity index (χ0v) is 19.4. The average molecular weight is 454 g/mol. The number of halogens is 1. The Hall–Kier alpha value is -3.00. The number of nitrogens with zero attached hydrogens (tertiary/aromatic N) is 3. The fraction of sp³-hybridized carbons (Fsp3) is 0.346. The van der Waals surface area contributed by atoms with Crippen LogP contribution in [0.5, 0.6) is 11.6 Å². The van der Waals surface area contributed by atoms with Crippen LogP contribution in [0.4, 0.5) is 4.39 Å². The molecule has 0 radical (unpaired) electrons. The van der Waals surface area contributed by atoms with E-state index in [1.165, 1.54) is 6.07 Å². The average Bonchev–Trinajstić information content (AvgIpc) is 3.10. The minimum atomic E-state index is -0.659. The topological polar surface area (TPSA) is 59.8 Å². The molecule has 176 valence electrons. The highest BCUT2D eigenvalue weighted by molar-refractivity contribution is 5.43. The van der Waals surface area contributed by atoms with Crippen LogP contribution in [0.3, 0.4) is 0 Å². The van der Waals surface area contributed by atoms with Gasteiger partial charge in [-0.1, -0.05) is 36.4 Å². The number of hydrogen-bond donors (Lipinski definition) is 1. The van der Waals surface area contributed by atoms with E-state index in [0.29, 0.717) is 25.6 Å². The van der Waals surface area contributed by atoms with Crippen LogP contribution >= 0.6 is 0 Å². The van der Waals surface area contributed by atoms with Crippen molar-refractivity contribution in [2.24, 2.45) is 0 Å². The van der Waals surface area contributed by atoms with Crippen LogP contribution in [0.25, 0.3) is 5.69 Å². The summed E-state index contributed by atoms with van der Waals surface area (Å²) in [7, 11) is 0. The van der Waals surface area contributed by atoms with Crippen molar-refractivity contribution in [1.82, 2.24) is 14.7 Å². The molecule has 1 atom stereocenters. The fourth-order valence-corrected chi connectivity index (χ4v) is 3.47. The Balaban J connectivity index is 1.95. The number of para-hydroxylation sites is 2. The first-order valence-corrected chi connectivity index (χ1v) is 11.1. The van der Waals surface area contributed by atoms with Gasteiger partial charge in [-0.25, -0.2) is 9.07 Å². The van der Waals surface area contributed by atoms with Crippen LogP contribution in [-0.4, -0.2) is 51.7 Å². The lowest BCUT2D eigenvalue weighted by atomic mass is 10.2. The van der Waals surface area contributed by atoms with Gasteiger partial charge in [-0.2, -0.15) is 5.10 Å². The number of aliphatic hydroxyl groups excluding tert-OH is 1. The number of benzene rings is 2. The second-order valence-corrected chi connectivity index (χ2v) is 8.15. The van der Waals surface area contributed by atoms with Crippen LogP contribution in [0, 0.1) is 12.7 Å². The highest BCUT2D eigenvalue weighted by Crippen LogP contribution is 2.33. The first kappa shape index (κ1) is 24.6. The lowest BCUT2D eigenvalue weighted by molar-refractivity contribution is 0.0176. The number of aryl methyl sites for hydroxylation is 1. The van der Waals surface area contributed by atoms with Gasteiger partial charge in [0.05, 0.1) is 36.3 Å². The molecular weight excluding hydrogens is 421 g/mol. The van der Waals surface area contributed by atoms with Crippen molar-refractivity contribution in [3.8, 4) is 17.3 Å². The minimum absolute atomic E-state index is 0.129. The molecule has 3 aromatic rings.